The Hall–Kier alpha value is -1.84. The van der Waals surface area contributed by atoms with E-state index in [2.05, 4.69) is 50.3 Å². The molecule has 4 heteroatoms. The van der Waals surface area contributed by atoms with E-state index in [0.29, 0.717) is 10.6 Å². The van der Waals surface area contributed by atoms with Crippen molar-refractivity contribution in [2.45, 2.75) is 45.2 Å². The predicted molar refractivity (Wildman–Crippen MR) is 110 cm³/mol. The molecule has 1 unspecified atom stereocenters. The van der Waals surface area contributed by atoms with Gasteiger partial charge in [-0.1, -0.05) is 61.8 Å². The van der Waals surface area contributed by atoms with Gasteiger partial charge in [-0.25, -0.2) is 0 Å². The van der Waals surface area contributed by atoms with Gasteiger partial charge in [0.1, 0.15) is 0 Å². The van der Waals surface area contributed by atoms with Crippen LogP contribution in [0.1, 0.15) is 54.2 Å². The highest BCUT2D eigenvalue weighted by molar-refractivity contribution is 6.31. The fourth-order valence-corrected chi connectivity index (χ4v) is 3.96. The van der Waals surface area contributed by atoms with Gasteiger partial charge in [0, 0.05) is 16.1 Å². The molecule has 0 bridgehead atoms. The van der Waals surface area contributed by atoms with E-state index < -0.39 is 0 Å². The second-order valence-corrected chi connectivity index (χ2v) is 7.34. The van der Waals surface area contributed by atoms with Crippen LogP contribution in [0.5, 0.6) is 0 Å². The number of amides is 1. The van der Waals surface area contributed by atoms with Gasteiger partial charge in [-0.05, 0) is 57.1 Å². The summed E-state index contributed by atoms with van der Waals surface area (Å²) in [6.45, 7) is 6.24. The monoisotopic (exact) mass is 372 g/mol. The summed E-state index contributed by atoms with van der Waals surface area (Å²) in [5.41, 5.74) is 2.36. The van der Waals surface area contributed by atoms with E-state index >= 15 is 0 Å². The smallest absolute Gasteiger partial charge is 0.252 e. The molecule has 3 nitrogen and oxygen atoms in total. The molecule has 0 radical (unpaired) electrons. The summed E-state index contributed by atoms with van der Waals surface area (Å²) in [5.74, 6) is -0.0908. The van der Waals surface area contributed by atoms with Crippen LogP contribution in [0.25, 0.3) is 0 Å². The molecule has 0 saturated carbocycles. The minimum atomic E-state index is -0.177. The molecule has 0 aromatic heterocycles. The standard InChI is InChI=1S/C22H29ClN2O/c1-6-22(7-2,25(4)5)20(17-12-9-8-10-13-17)24-21(26)18-14-11-15-19(23)16(18)3/h8-15,20H,6-7H2,1-5H3,(H,24,26). The highest BCUT2D eigenvalue weighted by Gasteiger charge is 2.40. The van der Waals surface area contributed by atoms with Gasteiger partial charge in [0.15, 0.2) is 0 Å². The Balaban J connectivity index is 2.48. The average molecular weight is 373 g/mol. The summed E-state index contributed by atoms with van der Waals surface area (Å²) in [6.07, 6.45) is 1.84. The maximum atomic E-state index is 13.1. The lowest BCUT2D eigenvalue weighted by atomic mass is 9.79. The number of likely N-dealkylation sites (N-methyl/N-ethyl adjacent to an activating group) is 1. The largest absolute Gasteiger partial charge is 0.343 e. The third kappa shape index (κ3) is 3.94. The van der Waals surface area contributed by atoms with Gasteiger partial charge in [0.25, 0.3) is 5.91 Å². The van der Waals surface area contributed by atoms with Crippen molar-refractivity contribution in [3.05, 3.63) is 70.2 Å². The lowest BCUT2D eigenvalue weighted by Gasteiger charge is -2.45. The van der Waals surface area contributed by atoms with Gasteiger partial charge in [-0.2, -0.15) is 0 Å². The van der Waals surface area contributed by atoms with E-state index in [1.54, 1.807) is 0 Å². The minimum Gasteiger partial charge on any atom is -0.343 e. The van der Waals surface area contributed by atoms with Gasteiger partial charge in [0.2, 0.25) is 0 Å². The maximum absolute atomic E-state index is 13.1. The lowest BCUT2D eigenvalue weighted by molar-refractivity contribution is 0.0702. The van der Waals surface area contributed by atoms with Crippen molar-refractivity contribution in [1.82, 2.24) is 10.2 Å². The van der Waals surface area contributed by atoms with Crippen LogP contribution in [-0.4, -0.2) is 30.4 Å². The van der Waals surface area contributed by atoms with Gasteiger partial charge in [0.05, 0.1) is 6.04 Å². The summed E-state index contributed by atoms with van der Waals surface area (Å²) < 4.78 is 0. The van der Waals surface area contributed by atoms with E-state index in [9.17, 15) is 4.79 Å². The second kappa shape index (κ2) is 8.70. The normalized spacial score (nSPS) is 12.9. The fourth-order valence-electron chi connectivity index (χ4n) is 3.78. The van der Waals surface area contributed by atoms with Crippen molar-refractivity contribution in [1.29, 1.82) is 0 Å². The zero-order valence-corrected chi connectivity index (χ0v) is 17.1. The summed E-state index contributed by atoms with van der Waals surface area (Å²) in [5, 5.41) is 3.91. The van der Waals surface area contributed by atoms with Crippen LogP contribution in [0.3, 0.4) is 0 Å². The average Bonchev–Trinajstić information content (AvgIpc) is 2.64. The van der Waals surface area contributed by atoms with E-state index in [4.69, 9.17) is 11.6 Å². The topological polar surface area (TPSA) is 32.3 Å². The Morgan fingerprint density at radius 2 is 1.69 bits per heavy atom. The van der Waals surface area contributed by atoms with Gasteiger partial charge < -0.3 is 10.2 Å². The van der Waals surface area contributed by atoms with E-state index in [1.165, 1.54) is 0 Å². The molecule has 2 aromatic carbocycles. The summed E-state index contributed by atoms with van der Waals surface area (Å²) in [7, 11) is 4.17. The van der Waals surface area contributed by atoms with Crippen molar-refractivity contribution in [3.63, 3.8) is 0 Å². The van der Waals surface area contributed by atoms with E-state index in [0.717, 1.165) is 24.0 Å². The van der Waals surface area contributed by atoms with Crippen molar-refractivity contribution < 1.29 is 4.79 Å². The summed E-state index contributed by atoms with van der Waals surface area (Å²) in [4.78, 5) is 15.3. The van der Waals surface area contributed by atoms with Crippen LogP contribution in [0.15, 0.2) is 48.5 Å². The van der Waals surface area contributed by atoms with Crippen molar-refractivity contribution in [2.24, 2.45) is 0 Å². The second-order valence-electron chi connectivity index (χ2n) is 6.93. The summed E-state index contributed by atoms with van der Waals surface area (Å²) in [6, 6.07) is 15.5. The lowest BCUT2D eigenvalue weighted by Crippen LogP contribution is -2.54. The molecule has 2 aromatic rings. The molecule has 1 atom stereocenters. The van der Waals surface area contributed by atoms with Crippen LogP contribution in [0.2, 0.25) is 5.02 Å². The molecule has 0 aliphatic rings. The molecule has 26 heavy (non-hydrogen) atoms. The Labute approximate surface area is 162 Å². The quantitative estimate of drug-likeness (QED) is 0.720. The molecule has 0 saturated heterocycles. The molecule has 0 spiro atoms. The zero-order chi connectivity index (χ0) is 19.3. The first-order chi connectivity index (χ1) is 12.4. The van der Waals surface area contributed by atoms with Gasteiger partial charge in [-0.15, -0.1) is 0 Å². The van der Waals surface area contributed by atoms with Crippen molar-refractivity contribution in [3.8, 4) is 0 Å². The molecular formula is C22H29ClN2O. The van der Waals surface area contributed by atoms with Crippen LogP contribution in [0.4, 0.5) is 0 Å². The van der Waals surface area contributed by atoms with Crippen LogP contribution in [0, 0.1) is 6.92 Å². The summed E-state index contributed by atoms with van der Waals surface area (Å²) >= 11 is 6.22. The number of benzene rings is 2. The predicted octanol–water partition coefficient (Wildman–Crippen LogP) is 5.24. The first kappa shape index (κ1) is 20.5. The molecule has 1 N–H and O–H groups in total. The SMILES string of the molecule is CCC(CC)(C(NC(=O)c1cccc(Cl)c1C)c1ccccc1)N(C)C. The number of hydrogen-bond donors (Lipinski definition) is 1. The molecule has 2 rings (SSSR count). The highest BCUT2D eigenvalue weighted by atomic mass is 35.5. The molecule has 0 heterocycles. The first-order valence-corrected chi connectivity index (χ1v) is 9.53. The van der Waals surface area contributed by atoms with E-state index in [1.807, 2.05) is 43.3 Å². The number of halogens is 1. The van der Waals surface area contributed by atoms with Crippen molar-refractivity contribution in [2.75, 3.05) is 14.1 Å². The highest BCUT2D eigenvalue weighted by Crippen LogP contribution is 2.36. The van der Waals surface area contributed by atoms with E-state index in [-0.39, 0.29) is 17.5 Å². The Morgan fingerprint density at radius 1 is 1.08 bits per heavy atom. The maximum Gasteiger partial charge on any atom is 0.252 e. The third-order valence-corrected chi connectivity index (χ3v) is 5.98. The molecule has 1 amide bonds. The number of carbonyl (C=O) groups excluding carboxylic acids is 1. The molecule has 140 valence electrons. The number of hydrogen-bond acceptors (Lipinski definition) is 2. The zero-order valence-electron chi connectivity index (χ0n) is 16.3. The number of rotatable bonds is 7. The Bertz CT molecular complexity index is 739. The molecular weight excluding hydrogens is 344 g/mol. The van der Waals surface area contributed by atoms with Gasteiger partial charge >= 0.3 is 0 Å². The third-order valence-electron chi connectivity index (χ3n) is 5.57. The Kier molecular flexibility index (Phi) is 6.85. The number of nitrogens with one attached hydrogen (secondary N) is 1. The first-order valence-electron chi connectivity index (χ1n) is 9.15. The van der Waals surface area contributed by atoms with Gasteiger partial charge in [-0.3, -0.25) is 4.79 Å². The molecule has 0 aliphatic heterocycles. The molecule has 0 aliphatic carbocycles. The van der Waals surface area contributed by atoms with Crippen LogP contribution < -0.4 is 5.32 Å². The number of nitrogens with zero attached hydrogens (tertiary/aromatic N) is 1. The Morgan fingerprint density at radius 3 is 2.23 bits per heavy atom. The minimum absolute atomic E-state index is 0.0908. The fraction of sp³-hybridized carbons (Fsp3) is 0.409. The number of carbonyl (C=O) groups is 1. The molecule has 0 fully saturated rings. The van der Waals surface area contributed by atoms with Crippen LogP contribution >= 0.6 is 11.6 Å². The van der Waals surface area contributed by atoms with Crippen molar-refractivity contribution >= 4 is 17.5 Å². The van der Waals surface area contributed by atoms with Crippen LogP contribution in [-0.2, 0) is 0 Å².